The van der Waals surface area contributed by atoms with Crippen LogP contribution in [0.1, 0.15) is 45.6 Å². The number of nitrogens with zero attached hydrogens (tertiary/aromatic N) is 1. The zero-order valence-corrected chi connectivity index (χ0v) is 17.1. The van der Waals surface area contributed by atoms with E-state index >= 15 is 0 Å². The van der Waals surface area contributed by atoms with Crippen LogP contribution >= 0.6 is 11.6 Å². The minimum Gasteiger partial charge on any atom is -0.444 e. The minimum atomic E-state index is -3.48. The fraction of sp³-hybridized carbons (Fsp3) is 0.611. The van der Waals surface area contributed by atoms with Gasteiger partial charge in [0, 0.05) is 24.2 Å². The first kappa shape index (κ1) is 21.0. The van der Waals surface area contributed by atoms with Crippen molar-refractivity contribution in [2.45, 2.75) is 57.4 Å². The van der Waals surface area contributed by atoms with Crippen LogP contribution in [0.25, 0.3) is 0 Å². The Morgan fingerprint density at radius 3 is 2.54 bits per heavy atom. The number of rotatable bonds is 5. The lowest BCUT2D eigenvalue weighted by Crippen LogP contribution is -2.50. The fourth-order valence-corrected chi connectivity index (χ4v) is 4.88. The van der Waals surface area contributed by atoms with Gasteiger partial charge in [-0.15, -0.1) is 0 Å². The summed E-state index contributed by atoms with van der Waals surface area (Å²) < 4.78 is 32.5. The molecule has 26 heavy (non-hydrogen) atoms. The molecular formula is C18H27ClN2O4S. The molecule has 0 bridgehead atoms. The molecule has 1 saturated heterocycles. The van der Waals surface area contributed by atoms with Crippen molar-refractivity contribution >= 4 is 27.7 Å². The Kier molecular flexibility index (Phi) is 6.93. The molecule has 0 radical (unpaired) electrons. The van der Waals surface area contributed by atoms with Crippen molar-refractivity contribution in [2.24, 2.45) is 0 Å². The van der Waals surface area contributed by atoms with Crippen LogP contribution in [0.5, 0.6) is 0 Å². The number of halogens is 1. The molecular weight excluding hydrogens is 376 g/mol. The highest BCUT2D eigenvalue weighted by Crippen LogP contribution is 2.23. The van der Waals surface area contributed by atoms with E-state index in [9.17, 15) is 13.2 Å². The van der Waals surface area contributed by atoms with Gasteiger partial charge in [-0.3, -0.25) is 0 Å². The lowest BCUT2D eigenvalue weighted by molar-refractivity contribution is 0.0512. The number of carbonyl (C=O) groups excluding carboxylic acids is 1. The van der Waals surface area contributed by atoms with Gasteiger partial charge in [0.1, 0.15) is 5.60 Å². The maximum absolute atomic E-state index is 12.9. The summed E-state index contributed by atoms with van der Waals surface area (Å²) in [7, 11) is -3.48. The Morgan fingerprint density at radius 1 is 1.27 bits per heavy atom. The van der Waals surface area contributed by atoms with Gasteiger partial charge in [-0.05, 0) is 51.3 Å². The molecule has 146 valence electrons. The first-order valence-corrected chi connectivity index (χ1v) is 10.8. The number of alkyl carbamates (subject to hydrolysis) is 1. The van der Waals surface area contributed by atoms with Gasteiger partial charge in [0.05, 0.1) is 5.75 Å². The van der Waals surface area contributed by atoms with Crippen molar-refractivity contribution < 1.29 is 17.9 Å². The molecule has 1 aromatic rings. The number of piperidine rings is 1. The molecule has 1 aliphatic heterocycles. The summed E-state index contributed by atoms with van der Waals surface area (Å²) >= 11 is 5.86. The Labute approximate surface area is 160 Å². The zero-order chi connectivity index (χ0) is 19.4. The Hall–Kier alpha value is -1.31. The second-order valence-electron chi connectivity index (χ2n) is 7.53. The van der Waals surface area contributed by atoms with Crippen molar-refractivity contribution in [2.75, 3.05) is 13.1 Å². The molecule has 1 heterocycles. The smallest absolute Gasteiger partial charge is 0.407 e. The highest BCUT2D eigenvalue weighted by Gasteiger charge is 2.32. The van der Waals surface area contributed by atoms with Crippen LogP contribution in [0.3, 0.4) is 0 Å². The maximum atomic E-state index is 12.9. The summed E-state index contributed by atoms with van der Waals surface area (Å²) in [6, 6.07) is 6.55. The topological polar surface area (TPSA) is 75.7 Å². The first-order chi connectivity index (χ1) is 12.1. The number of ether oxygens (including phenoxy) is 1. The van der Waals surface area contributed by atoms with Crippen molar-refractivity contribution in [1.82, 2.24) is 9.62 Å². The summed E-state index contributed by atoms with van der Waals surface area (Å²) in [6.07, 6.45) is 1.95. The summed E-state index contributed by atoms with van der Waals surface area (Å²) in [5, 5.41) is 3.27. The molecule has 8 heteroatoms. The summed E-state index contributed by atoms with van der Waals surface area (Å²) in [5.74, 6) is -0.0763. The van der Waals surface area contributed by atoms with Gasteiger partial charge in [-0.2, -0.15) is 4.31 Å². The predicted molar refractivity (Wildman–Crippen MR) is 103 cm³/mol. The largest absolute Gasteiger partial charge is 0.444 e. The molecule has 1 atom stereocenters. The number of benzene rings is 1. The van der Waals surface area contributed by atoms with Gasteiger partial charge in [0.15, 0.2) is 0 Å². The van der Waals surface area contributed by atoms with E-state index in [0.717, 1.165) is 19.3 Å². The predicted octanol–water partition coefficient (Wildman–Crippen LogP) is 3.55. The van der Waals surface area contributed by atoms with Crippen LogP contribution in [0.2, 0.25) is 5.02 Å². The van der Waals surface area contributed by atoms with Crippen LogP contribution in [-0.4, -0.2) is 43.5 Å². The Bertz CT molecular complexity index is 714. The molecule has 1 aliphatic rings. The highest BCUT2D eigenvalue weighted by atomic mass is 35.5. The summed E-state index contributed by atoms with van der Waals surface area (Å²) in [6.45, 7) is 6.08. The second-order valence-corrected chi connectivity index (χ2v) is 9.88. The third-order valence-electron chi connectivity index (χ3n) is 4.07. The van der Waals surface area contributed by atoms with Gasteiger partial charge < -0.3 is 10.1 Å². The van der Waals surface area contributed by atoms with E-state index in [1.54, 1.807) is 45.0 Å². The number of carbonyl (C=O) groups is 1. The molecule has 1 N–H and O–H groups in total. The maximum Gasteiger partial charge on any atom is 0.407 e. The van der Waals surface area contributed by atoms with Crippen LogP contribution in [-0.2, 0) is 20.5 Å². The molecule has 1 aromatic carbocycles. The van der Waals surface area contributed by atoms with Crippen LogP contribution < -0.4 is 5.32 Å². The number of amides is 1. The van der Waals surface area contributed by atoms with Gasteiger partial charge in [-0.1, -0.05) is 30.2 Å². The molecule has 1 fully saturated rings. The number of hydrogen-bond donors (Lipinski definition) is 1. The van der Waals surface area contributed by atoms with Crippen LogP contribution in [0.15, 0.2) is 24.3 Å². The van der Waals surface area contributed by atoms with Crippen molar-refractivity contribution in [3.05, 3.63) is 34.9 Å². The SMILES string of the molecule is CC(C)(C)OC(=O)NCC1CCCCN1S(=O)(=O)Cc1ccc(Cl)cc1. The van der Waals surface area contributed by atoms with E-state index in [2.05, 4.69) is 5.32 Å². The Morgan fingerprint density at radius 2 is 1.92 bits per heavy atom. The van der Waals surface area contributed by atoms with Crippen LogP contribution in [0.4, 0.5) is 4.79 Å². The van der Waals surface area contributed by atoms with Gasteiger partial charge in [-0.25, -0.2) is 13.2 Å². The van der Waals surface area contributed by atoms with E-state index in [-0.39, 0.29) is 18.3 Å². The lowest BCUT2D eigenvalue weighted by atomic mass is 10.1. The van der Waals surface area contributed by atoms with E-state index in [4.69, 9.17) is 16.3 Å². The normalized spacial score (nSPS) is 19.2. The third-order valence-corrected chi connectivity index (χ3v) is 6.22. The third kappa shape index (κ3) is 6.45. The standard InChI is InChI=1S/C18H27ClN2O4S/c1-18(2,3)25-17(22)20-12-16-6-4-5-11-21(16)26(23,24)13-14-7-9-15(19)10-8-14/h7-10,16H,4-6,11-13H2,1-3H3,(H,20,22). The number of hydrogen-bond acceptors (Lipinski definition) is 4. The average molecular weight is 403 g/mol. The summed E-state index contributed by atoms with van der Waals surface area (Å²) in [4.78, 5) is 11.9. The van der Waals surface area contributed by atoms with Gasteiger partial charge in [0.25, 0.3) is 0 Å². The minimum absolute atomic E-state index is 0.0763. The van der Waals surface area contributed by atoms with Crippen LogP contribution in [0, 0.1) is 0 Å². The average Bonchev–Trinajstić information content (AvgIpc) is 2.53. The van der Waals surface area contributed by atoms with E-state index in [1.807, 2.05) is 0 Å². The van der Waals surface area contributed by atoms with Crippen molar-refractivity contribution in [1.29, 1.82) is 0 Å². The number of nitrogens with one attached hydrogen (secondary N) is 1. The highest BCUT2D eigenvalue weighted by molar-refractivity contribution is 7.88. The first-order valence-electron chi connectivity index (χ1n) is 8.78. The van der Waals surface area contributed by atoms with E-state index in [0.29, 0.717) is 17.1 Å². The Balaban J connectivity index is 2.02. The van der Waals surface area contributed by atoms with Crippen molar-refractivity contribution in [3.63, 3.8) is 0 Å². The fourth-order valence-electron chi connectivity index (χ4n) is 2.93. The zero-order valence-electron chi connectivity index (χ0n) is 15.5. The van der Waals surface area contributed by atoms with Gasteiger partial charge >= 0.3 is 6.09 Å². The number of sulfonamides is 1. The molecule has 0 aliphatic carbocycles. The monoisotopic (exact) mass is 402 g/mol. The summed E-state index contributed by atoms with van der Waals surface area (Å²) in [5.41, 5.74) is 0.107. The molecule has 1 unspecified atom stereocenters. The van der Waals surface area contributed by atoms with E-state index in [1.165, 1.54) is 4.31 Å². The molecule has 0 aromatic heterocycles. The van der Waals surface area contributed by atoms with Gasteiger partial charge in [0.2, 0.25) is 10.0 Å². The molecule has 1 amide bonds. The molecule has 6 nitrogen and oxygen atoms in total. The molecule has 0 spiro atoms. The van der Waals surface area contributed by atoms with Crippen molar-refractivity contribution in [3.8, 4) is 0 Å². The second kappa shape index (κ2) is 8.59. The quantitative estimate of drug-likeness (QED) is 0.817. The lowest BCUT2D eigenvalue weighted by Gasteiger charge is -2.35. The molecule has 2 rings (SSSR count). The van der Waals surface area contributed by atoms with E-state index < -0.39 is 21.7 Å². The molecule has 0 saturated carbocycles.